The summed E-state index contributed by atoms with van der Waals surface area (Å²) in [7, 11) is 0. The number of rotatable bonds is 4. The lowest BCUT2D eigenvalue weighted by Crippen LogP contribution is -2.51. The molecule has 0 bridgehead atoms. The Labute approximate surface area is 153 Å². The van der Waals surface area contributed by atoms with Crippen LogP contribution in [-0.4, -0.2) is 34.5 Å². The Balaban J connectivity index is 0.00000225. The molecule has 3 heterocycles. The molecule has 2 atom stereocenters. The molecule has 1 fully saturated rings. The smallest absolute Gasteiger partial charge is 0.289 e. The third-order valence-corrected chi connectivity index (χ3v) is 4.72. The van der Waals surface area contributed by atoms with Crippen LogP contribution in [-0.2, 0) is 6.54 Å². The molecule has 25 heavy (non-hydrogen) atoms. The molecule has 3 rings (SSSR count). The Kier molecular flexibility index (Phi) is 6.45. The zero-order valence-corrected chi connectivity index (χ0v) is 15.1. The van der Waals surface area contributed by atoms with Crippen molar-refractivity contribution >= 4 is 18.3 Å². The van der Waals surface area contributed by atoms with Gasteiger partial charge < -0.3 is 19.6 Å². The summed E-state index contributed by atoms with van der Waals surface area (Å²) in [6.45, 7) is 3.61. The van der Waals surface area contributed by atoms with Crippen LogP contribution in [0.3, 0.4) is 0 Å². The van der Waals surface area contributed by atoms with Crippen LogP contribution in [0.1, 0.15) is 36.1 Å². The van der Waals surface area contributed by atoms with Gasteiger partial charge in [-0.15, -0.1) is 12.4 Å². The predicted octanol–water partition coefficient (Wildman–Crippen LogP) is 2.11. The molecule has 1 amide bonds. The molecular weight excluding hydrogens is 342 g/mol. The largest absolute Gasteiger partial charge is 0.454 e. The van der Waals surface area contributed by atoms with E-state index in [0.29, 0.717) is 37.1 Å². The lowest BCUT2D eigenvalue weighted by molar-refractivity contribution is 0.0499. The number of aromatic nitrogens is 1. The molecule has 2 unspecified atom stereocenters. The highest BCUT2D eigenvalue weighted by Gasteiger charge is 2.32. The van der Waals surface area contributed by atoms with Crippen LogP contribution in [0.25, 0.3) is 0 Å². The Hall–Kier alpha value is -2.05. The van der Waals surface area contributed by atoms with Crippen LogP contribution in [0, 0.1) is 5.92 Å². The first-order chi connectivity index (χ1) is 11.6. The number of hydrogen-bond donors (Lipinski definition) is 1. The number of carbonyl (C=O) groups excluding carboxylic acids is 1. The van der Waals surface area contributed by atoms with E-state index in [9.17, 15) is 9.59 Å². The van der Waals surface area contributed by atoms with Gasteiger partial charge in [-0.3, -0.25) is 9.59 Å². The molecule has 7 heteroatoms. The van der Waals surface area contributed by atoms with Gasteiger partial charge in [-0.1, -0.05) is 13.0 Å². The van der Waals surface area contributed by atoms with Gasteiger partial charge in [0.05, 0.1) is 6.54 Å². The number of furan rings is 1. The molecular formula is C18H24ClN3O3. The molecule has 0 aliphatic carbocycles. The molecule has 1 aliphatic rings. The van der Waals surface area contributed by atoms with E-state index in [1.165, 1.54) is 6.07 Å². The summed E-state index contributed by atoms with van der Waals surface area (Å²) in [6.07, 6.45) is 3.77. The first-order valence-corrected chi connectivity index (χ1v) is 8.35. The summed E-state index contributed by atoms with van der Waals surface area (Å²) >= 11 is 0. The second-order valence-corrected chi connectivity index (χ2v) is 6.35. The summed E-state index contributed by atoms with van der Waals surface area (Å²) in [5.41, 5.74) is 5.76. The maximum absolute atomic E-state index is 12.8. The molecule has 0 aromatic carbocycles. The number of hydrogen-bond acceptors (Lipinski definition) is 4. The van der Waals surface area contributed by atoms with Gasteiger partial charge in [0.2, 0.25) is 0 Å². The zero-order chi connectivity index (χ0) is 17.1. The molecule has 0 radical (unpaired) electrons. The molecule has 0 spiro atoms. The lowest BCUT2D eigenvalue weighted by atomic mass is 9.90. The number of nitrogens with zero attached hydrogens (tertiary/aromatic N) is 2. The van der Waals surface area contributed by atoms with E-state index in [2.05, 4.69) is 6.92 Å². The van der Waals surface area contributed by atoms with Gasteiger partial charge in [-0.05, 0) is 37.0 Å². The normalized spacial score (nSPS) is 20.2. The third kappa shape index (κ3) is 4.14. The minimum Gasteiger partial charge on any atom is -0.454 e. The second kappa shape index (κ2) is 8.36. The van der Waals surface area contributed by atoms with Crippen LogP contribution in [0.2, 0.25) is 0 Å². The molecule has 2 N–H and O–H groups in total. The molecule has 2 aromatic rings. The number of carbonyl (C=O) groups is 1. The molecule has 1 aliphatic heterocycles. The zero-order valence-electron chi connectivity index (χ0n) is 14.3. The van der Waals surface area contributed by atoms with Crippen LogP contribution >= 0.6 is 12.4 Å². The number of amides is 1. The second-order valence-electron chi connectivity index (χ2n) is 6.35. The van der Waals surface area contributed by atoms with E-state index >= 15 is 0 Å². The molecule has 0 saturated carbocycles. The molecule has 136 valence electrons. The predicted molar refractivity (Wildman–Crippen MR) is 98.0 cm³/mol. The van der Waals surface area contributed by atoms with Gasteiger partial charge >= 0.3 is 0 Å². The highest BCUT2D eigenvalue weighted by atomic mass is 35.5. The van der Waals surface area contributed by atoms with Gasteiger partial charge in [0.25, 0.3) is 11.5 Å². The summed E-state index contributed by atoms with van der Waals surface area (Å²) < 4.78 is 7.23. The van der Waals surface area contributed by atoms with Gasteiger partial charge in [-0.25, -0.2) is 0 Å². The van der Waals surface area contributed by atoms with E-state index in [1.807, 2.05) is 4.90 Å². The number of likely N-dealkylation sites (tertiary alicyclic amines) is 1. The van der Waals surface area contributed by atoms with Gasteiger partial charge in [0, 0.05) is 31.4 Å². The SMILES string of the molecule is CC1CCCN(C(=O)c2ccc(Cn3ccccc3=O)o2)C1CN.Cl. The molecule has 2 aromatic heterocycles. The fraction of sp³-hybridized carbons (Fsp3) is 0.444. The van der Waals surface area contributed by atoms with Crippen molar-refractivity contribution in [2.75, 3.05) is 13.1 Å². The van der Waals surface area contributed by atoms with Gasteiger partial charge in [0.1, 0.15) is 5.76 Å². The van der Waals surface area contributed by atoms with Crippen LogP contribution in [0.5, 0.6) is 0 Å². The lowest BCUT2D eigenvalue weighted by Gasteiger charge is -2.38. The van der Waals surface area contributed by atoms with Gasteiger partial charge in [0.15, 0.2) is 5.76 Å². The fourth-order valence-electron chi connectivity index (χ4n) is 3.34. The topological polar surface area (TPSA) is 81.5 Å². The van der Waals surface area contributed by atoms with Crippen LogP contribution in [0.4, 0.5) is 0 Å². The highest BCUT2D eigenvalue weighted by molar-refractivity contribution is 5.91. The van der Waals surface area contributed by atoms with E-state index < -0.39 is 0 Å². The number of pyridine rings is 1. The van der Waals surface area contributed by atoms with E-state index in [0.717, 1.165) is 12.8 Å². The highest BCUT2D eigenvalue weighted by Crippen LogP contribution is 2.25. The minimum absolute atomic E-state index is 0. The first kappa shape index (κ1) is 19.3. The first-order valence-electron chi connectivity index (χ1n) is 8.35. The Morgan fingerprint density at radius 3 is 2.84 bits per heavy atom. The maximum atomic E-state index is 12.8. The average Bonchev–Trinajstić information content (AvgIpc) is 3.04. The minimum atomic E-state index is -0.122. The van der Waals surface area contributed by atoms with Crippen molar-refractivity contribution in [2.45, 2.75) is 32.4 Å². The average molecular weight is 366 g/mol. The van der Waals surface area contributed by atoms with Crippen molar-refractivity contribution in [1.29, 1.82) is 0 Å². The Morgan fingerprint density at radius 2 is 2.12 bits per heavy atom. The van der Waals surface area contributed by atoms with Crippen LogP contribution < -0.4 is 11.3 Å². The number of nitrogens with two attached hydrogens (primary N) is 1. The summed E-state index contributed by atoms with van der Waals surface area (Å²) in [6, 6.07) is 8.46. The van der Waals surface area contributed by atoms with Gasteiger partial charge in [-0.2, -0.15) is 0 Å². The van der Waals surface area contributed by atoms with Crippen molar-refractivity contribution in [3.63, 3.8) is 0 Å². The van der Waals surface area contributed by atoms with E-state index in [4.69, 9.17) is 10.2 Å². The van der Waals surface area contributed by atoms with Crippen molar-refractivity contribution in [3.05, 3.63) is 58.4 Å². The number of piperidine rings is 1. The third-order valence-electron chi connectivity index (χ3n) is 4.72. The molecule has 6 nitrogen and oxygen atoms in total. The quantitative estimate of drug-likeness (QED) is 0.899. The summed E-state index contributed by atoms with van der Waals surface area (Å²) in [4.78, 5) is 26.3. The summed E-state index contributed by atoms with van der Waals surface area (Å²) in [5.74, 6) is 1.16. The van der Waals surface area contributed by atoms with Crippen molar-refractivity contribution < 1.29 is 9.21 Å². The number of halogens is 1. The van der Waals surface area contributed by atoms with Crippen molar-refractivity contribution in [1.82, 2.24) is 9.47 Å². The standard InChI is InChI=1S/C18H23N3O3.ClH/c1-13-5-4-10-21(15(13)11-19)18(23)16-8-7-14(24-16)12-20-9-3-2-6-17(20)22;/h2-3,6-9,13,15H,4-5,10-12,19H2,1H3;1H. The maximum Gasteiger partial charge on any atom is 0.289 e. The fourth-order valence-corrected chi connectivity index (χ4v) is 3.34. The van der Waals surface area contributed by atoms with E-state index in [-0.39, 0.29) is 29.9 Å². The Morgan fingerprint density at radius 1 is 1.32 bits per heavy atom. The van der Waals surface area contributed by atoms with Crippen LogP contribution in [0.15, 0.2) is 45.7 Å². The summed E-state index contributed by atoms with van der Waals surface area (Å²) in [5, 5.41) is 0. The van der Waals surface area contributed by atoms with Crippen molar-refractivity contribution in [3.8, 4) is 0 Å². The molecule has 1 saturated heterocycles. The Bertz CT molecular complexity index is 771. The van der Waals surface area contributed by atoms with E-state index in [1.54, 1.807) is 35.0 Å². The monoisotopic (exact) mass is 365 g/mol. The van der Waals surface area contributed by atoms with Crippen molar-refractivity contribution in [2.24, 2.45) is 11.7 Å².